The molecule has 8 heteroatoms. The molecule has 3 N–H and O–H groups in total. The van der Waals surface area contributed by atoms with Gasteiger partial charge in [-0.05, 0) is 84.8 Å². The summed E-state index contributed by atoms with van der Waals surface area (Å²) in [5.74, 6) is 5.69. The van der Waals surface area contributed by atoms with E-state index in [0.29, 0.717) is 24.7 Å². The summed E-state index contributed by atoms with van der Waals surface area (Å²) in [7, 11) is -0.482. The fourth-order valence-corrected chi connectivity index (χ4v) is 10.1. The van der Waals surface area contributed by atoms with Gasteiger partial charge in [0.25, 0.3) is 0 Å². The number of nitrogens with zero attached hydrogens (tertiary/aromatic N) is 1. The van der Waals surface area contributed by atoms with Crippen LogP contribution in [0.15, 0.2) is 72.8 Å². The van der Waals surface area contributed by atoms with Gasteiger partial charge in [-0.3, -0.25) is 4.79 Å². The van der Waals surface area contributed by atoms with E-state index < -0.39 is 19.7 Å². The van der Waals surface area contributed by atoms with Gasteiger partial charge in [0.15, 0.2) is 0 Å². The smallest absolute Gasteiger partial charge is 0.337 e. The van der Waals surface area contributed by atoms with Crippen LogP contribution >= 0.6 is 0 Å². The SMILES string of the molecule is COC(=O)c1ccc(C#Cc2ccc(CC(N)C(=O)N3C[Si](C)(C)CC3(C=O)CNC3CCCc4ccccc43)cc2)cc1. The van der Waals surface area contributed by atoms with Crippen molar-refractivity contribution in [2.24, 2.45) is 5.73 Å². The minimum Gasteiger partial charge on any atom is -0.465 e. The van der Waals surface area contributed by atoms with Crippen molar-refractivity contribution >= 4 is 26.2 Å². The number of ether oxygens (including phenoxy) is 1. The van der Waals surface area contributed by atoms with Crippen molar-refractivity contribution in [2.45, 2.75) is 62.4 Å². The molecule has 1 saturated heterocycles. The molecule has 1 fully saturated rings. The first-order valence-corrected chi connectivity index (χ1v) is 18.7. The number of amides is 1. The van der Waals surface area contributed by atoms with Crippen molar-refractivity contribution in [1.82, 2.24) is 10.2 Å². The zero-order chi connectivity index (χ0) is 31.3. The highest BCUT2D eigenvalue weighted by atomic mass is 28.3. The third kappa shape index (κ3) is 7.02. The van der Waals surface area contributed by atoms with Crippen LogP contribution < -0.4 is 11.1 Å². The number of nitrogens with one attached hydrogen (secondary N) is 1. The second-order valence-corrected chi connectivity index (χ2v) is 17.8. The Morgan fingerprint density at radius 1 is 1.07 bits per heavy atom. The van der Waals surface area contributed by atoms with Gasteiger partial charge >= 0.3 is 5.97 Å². The highest BCUT2D eigenvalue weighted by Gasteiger charge is 2.53. The molecule has 1 heterocycles. The summed E-state index contributed by atoms with van der Waals surface area (Å²) in [6.45, 7) is 4.92. The molecular weight excluding hydrogens is 566 g/mol. The molecule has 7 nitrogen and oxygen atoms in total. The van der Waals surface area contributed by atoms with Gasteiger partial charge in [-0.15, -0.1) is 0 Å². The molecular formula is C36H41N3O4Si. The molecule has 1 aliphatic heterocycles. The minimum atomic E-state index is -1.83. The maximum Gasteiger partial charge on any atom is 0.337 e. The van der Waals surface area contributed by atoms with Gasteiger partial charge in [-0.25, -0.2) is 4.79 Å². The Morgan fingerprint density at radius 2 is 1.73 bits per heavy atom. The highest BCUT2D eigenvalue weighted by molar-refractivity contribution is 6.79. The number of hydrogen-bond acceptors (Lipinski definition) is 6. The summed E-state index contributed by atoms with van der Waals surface area (Å²) in [4.78, 5) is 40.1. The molecule has 0 spiro atoms. The van der Waals surface area contributed by atoms with Gasteiger partial charge in [-0.1, -0.05) is 61.3 Å². The van der Waals surface area contributed by atoms with Crippen molar-refractivity contribution in [2.75, 3.05) is 19.8 Å². The number of rotatable bonds is 8. The van der Waals surface area contributed by atoms with E-state index in [4.69, 9.17) is 10.5 Å². The zero-order valence-corrected chi connectivity index (χ0v) is 26.8. The molecule has 3 aromatic carbocycles. The average Bonchev–Trinajstić information content (AvgIpc) is 3.33. The first-order valence-electron chi connectivity index (χ1n) is 15.3. The maximum absolute atomic E-state index is 13.9. The average molecular weight is 608 g/mol. The molecule has 0 aromatic heterocycles. The second-order valence-electron chi connectivity index (χ2n) is 12.8. The standard InChI is InChI=1S/C36H41N3O4Si/c1-43-35(42)30-19-17-27(18-20-30)12-11-26-13-15-28(16-14-26)21-32(37)34(41)39-25-44(2,3)24-36(39,23-40)22-38-33-10-6-8-29-7-4-5-9-31(29)33/h4-5,7,9,13-20,23,32-33,38H,6,8,10,21-22,24-25,37H2,1-3H3. The predicted molar refractivity (Wildman–Crippen MR) is 175 cm³/mol. The number of esters is 1. The van der Waals surface area contributed by atoms with Gasteiger partial charge in [-0.2, -0.15) is 0 Å². The molecule has 0 bridgehead atoms. The van der Waals surface area contributed by atoms with Crippen molar-refractivity contribution in [3.05, 3.63) is 106 Å². The van der Waals surface area contributed by atoms with Gasteiger partial charge < -0.3 is 25.5 Å². The van der Waals surface area contributed by atoms with E-state index in [1.807, 2.05) is 24.3 Å². The molecule has 3 aromatic rings. The lowest BCUT2D eigenvalue weighted by Crippen LogP contribution is -2.58. The lowest BCUT2D eigenvalue weighted by molar-refractivity contribution is -0.140. The van der Waals surface area contributed by atoms with Gasteiger partial charge in [0.05, 0.1) is 26.8 Å². The largest absolute Gasteiger partial charge is 0.465 e. The van der Waals surface area contributed by atoms with E-state index in [1.165, 1.54) is 18.2 Å². The number of carbonyl (C=O) groups excluding carboxylic acids is 3. The summed E-state index contributed by atoms with van der Waals surface area (Å²) in [6, 6.07) is 23.3. The van der Waals surface area contributed by atoms with E-state index in [0.717, 1.165) is 48.3 Å². The zero-order valence-electron chi connectivity index (χ0n) is 25.8. The summed E-state index contributed by atoms with van der Waals surface area (Å²) in [6.07, 6.45) is 5.19. The summed E-state index contributed by atoms with van der Waals surface area (Å²) in [5.41, 5.74) is 11.3. The lowest BCUT2D eigenvalue weighted by Gasteiger charge is -2.38. The number of aryl methyl sites for hydroxylation is 1. The van der Waals surface area contributed by atoms with Crippen LogP contribution in [0.4, 0.5) is 0 Å². The molecule has 0 saturated carbocycles. The van der Waals surface area contributed by atoms with Gasteiger partial charge in [0, 0.05) is 29.9 Å². The minimum absolute atomic E-state index is 0.166. The topological polar surface area (TPSA) is 102 Å². The molecule has 44 heavy (non-hydrogen) atoms. The van der Waals surface area contributed by atoms with Gasteiger partial charge in [0.1, 0.15) is 11.8 Å². The summed E-state index contributed by atoms with van der Waals surface area (Å²) < 4.78 is 4.73. The van der Waals surface area contributed by atoms with Crippen molar-refractivity contribution in [1.29, 1.82) is 0 Å². The quantitative estimate of drug-likeness (QED) is 0.170. The van der Waals surface area contributed by atoms with Crippen molar-refractivity contribution < 1.29 is 19.1 Å². The van der Waals surface area contributed by atoms with E-state index >= 15 is 0 Å². The number of methoxy groups -OCH3 is 1. The van der Waals surface area contributed by atoms with Crippen LogP contribution in [-0.2, 0) is 27.2 Å². The Hall–Kier alpha value is -4.03. The molecule has 3 atom stereocenters. The Bertz CT molecular complexity index is 1580. The Kier molecular flexibility index (Phi) is 9.50. The predicted octanol–water partition coefficient (Wildman–Crippen LogP) is 4.44. The number of carbonyl (C=O) groups is 3. The fraction of sp³-hybridized carbons (Fsp3) is 0.361. The number of fused-ring (bicyclic) bond motifs is 1. The summed E-state index contributed by atoms with van der Waals surface area (Å²) in [5, 5.41) is 3.69. The van der Waals surface area contributed by atoms with Gasteiger partial charge in [0.2, 0.25) is 5.91 Å². The molecule has 2 aliphatic rings. The van der Waals surface area contributed by atoms with Crippen LogP contribution in [-0.4, -0.2) is 62.5 Å². The van der Waals surface area contributed by atoms with E-state index in [9.17, 15) is 14.4 Å². The van der Waals surface area contributed by atoms with E-state index in [1.54, 1.807) is 29.2 Å². The molecule has 228 valence electrons. The lowest BCUT2D eigenvalue weighted by atomic mass is 9.87. The van der Waals surface area contributed by atoms with Crippen LogP contribution in [0.2, 0.25) is 19.1 Å². The first kappa shape index (κ1) is 31.4. The first-order chi connectivity index (χ1) is 21.1. The number of hydrogen-bond donors (Lipinski definition) is 2. The van der Waals surface area contributed by atoms with Crippen LogP contribution in [0.3, 0.4) is 0 Å². The number of nitrogens with two attached hydrogens (primary N) is 1. The number of benzene rings is 3. The molecule has 1 aliphatic carbocycles. The van der Waals surface area contributed by atoms with Crippen LogP contribution in [0, 0.1) is 11.8 Å². The highest BCUT2D eigenvalue weighted by Crippen LogP contribution is 2.37. The molecule has 3 unspecified atom stereocenters. The normalized spacial score (nSPS) is 21.0. The van der Waals surface area contributed by atoms with E-state index in [-0.39, 0.29) is 17.9 Å². The fourth-order valence-electron chi connectivity index (χ4n) is 6.65. The Labute approximate surface area is 261 Å². The van der Waals surface area contributed by atoms with Crippen LogP contribution in [0.1, 0.15) is 57.1 Å². The second kappa shape index (κ2) is 13.3. The van der Waals surface area contributed by atoms with Crippen LogP contribution in [0.25, 0.3) is 0 Å². The molecule has 1 amide bonds. The third-order valence-corrected chi connectivity index (χ3v) is 11.5. The Morgan fingerprint density at radius 3 is 2.39 bits per heavy atom. The van der Waals surface area contributed by atoms with Crippen molar-refractivity contribution in [3.63, 3.8) is 0 Å². The maximum atomic E-state index is 13.9. The van der Waals surface area contributed by atoms with E-state index in [2.05, 4.69) is 54.5 Å². The Balaban J connectivity index is 1.24. The third-order valence-electron chi connectivity index (χ3n) is 8.80. The monoisotopic (exact) mass is 607 g/mol. The molecule has 5 rings (SSSR count). The van der Waals surface area contributed by atoms with Crippen LogP contribution in [0.5, 0.6) is 0 Å². The summed E-state index contributed by atoms with van der Waals surface area (Å²) >= 11 is 0. The van der Waals surface area contributed by atoms with Crippen molar-refractivity contribution in [3.8, 4) is 11.8 Å². The number of aldehydes is 1. The molecule has 0 radical (unpaired) electrons.